The van der Waals surface area contributed by atoms with Crippen LogP contribution in [-0.4, -0.2) is 20.8 Å². The van der Waals surface area contributed by atoms with Gasteiger partial charge in [0.25, 0.3) is 5.91 Å². The zero-order valence-electron chi connectivity index (χ0n) is 18.1. The minimum Gasteiger partial charge on any atom is -0.489 e. The third kappa shape index (κ3) is 4.85. The van der Waals surface area contributed by atoms with E-state index < -0.39 is 5.91 Å². The van der Waals surface area contributed by atoms with Crippen LogP contribution in [0, 0.1) is 26.6 Å². The lowest BCUT2D eigenvalue weighted by Crippen LogP contribution is -2.16. The summed E-state index contributed by atoms with van der Waals surface area (Å²) in [7, 11) is 0. The molecule has 0 saturated heterocycles. The molecule has 2 aromatic carbocycles. The molecule has 0 aliphatic heterocycles. The molecule has 0 fully saturated rings. The minimum atomic E-state index is -0.437. The molecular weight excluding hydrogens is 411 g/mol. The van der Waals surface area contributed by atoms with Crippen LogP contribution in [0.3, 0.4) is 0 Å². The number of halogens is 1. The SMILES string of the molecule is Cc1ccc(OCc2c(C(=O)Nc3ccn(Cc4ccc(F)cc4)n3)noc2C)cc1C. The molecule has 2 heterocycles. The average Bonchev–Trinajstić information content (AvgIpc) is 3.36. The van der Waals surface area contributed by atoms with Crippen molar-refractivity contribution < 1.29 is 18.4 Å². The predicted molar refractivity (Wildman–Crippen MR) is 117 cm³/mol. The van der Waals surface area contributed by atoms with Crippen LogP contribution in [0.25, 0.3) is 0 Å². The Morgan fingerprint density at radius 2 is 1.88 bits per heavy atom. The molecule has 2 aromatic heterocycles. The molecule has 0 atom stereocenters. The van der Waals surface area contributed by atoms with Crippen molar-refractivity contribution in [1.82, 2.24) is 14.9 Å². The fourth-order valence-corrected chi connectivity index (χ4v) is 3.17. The molecule has 0 unspecified atom stereocenters. The zero-order chi connectivity index (χ0) is 22.7. The van der Waals surface area contributed by atoms with E-state index in [1.165, 1.54) is 17.7 Å². The van der Waals surface area contributed by atoms with Gasteiger partial charge in [0.1, 0.15) is 23.9 Å². The van der Waals surface area contributed by atoms with Gasteiger partial charge < -0.3 is 14.6 Å². The summed E-state index contributed by atoms with van der Waals surface area (Å²) in [6.07, 6.45) is 1.73. The van der Waals surface area contributed by atoms with Crippen LogP contribution in [0.2, 0.25) is 0 Å². The van der Waals surface area contributed by atoms with E-state index in [-0.39, 0.29) is 18.1 Å². The van der Waals surface area contributed by atoms with Gasteiger partial charge in [0.15, 0.2) is 11.5 Å². The first kappa shape index (κ1) is 21.3. The minimum absolute atomic E-state index is 0.152. The van der Waals surface area contributed by atoms with Crippen LogP contribution >= 0.6 is 0 Å². The van der Waals surface area contributed by atoms with Crippen molar-refractivity contribution in [2.45, 2.75) is 33.9 Å². The molecule has 164 valence electrons. The average molecular weight is 434 g/mol. The lowest BCUT2D eigenvalue weighted by atomic mass is 10.1. The van der Waals surface area contributed by atoms with Gasteiger partial charge in [-0.3, -0.25) is 9.48 Å². The van der Waals surface area contributed by atoms with Crippen LogP contribution in [0.1, 0.15) is 38.5 Å². The van der Waals surface area contributed by atoms with Gasteiger partial charge in [-0.1, -0.05) is 23.4 Å². The van der Waals surface area contributed by atoms with Crippen molar-refractivity contribution in [2.24, 2.45) is 0 Å². The Morgan fingerprint density at radius 3 is 2.62 bits per heavy atom. The highest BCUT2D eigenvalue weighted by Gasteiger charge is 2.21. The summed E-state index contributed by atoms with van der Waals surface area (Å²) in [5, 5.41) is 11.0. The highest BCUT2D eigenvalue weighted by Crippen LogP contribution is 2.21. The maximum atomic E-state index is 13.1. The van der Waals surface area contributed by atoms with Crippen LogP contribution in [0.4, 0.5) is 10.2 Å². The molecule has 0 aliphatic carbocycles. The van der Waals surface area contributed by atoms with E-state index >= 15 is 0 Å². The number of ether oxygens (including phenoxy) is 1. The second kappa shape index (κ2) is 9.05. The van der Waals surface area contributed by atoms with Crippen molar-refractivity contribution >= 4 is 11.7 Å². The van der Waals surface area contributed by atoms with Gasteiger partial charge >= 0.3 is 0 Å². The van der Waals surface area contributed by atoms with Crippen molar-refractivity contribution in [1.29, 1.82) is 0 Å². The molecule has 1 amide bonds. The number of rotatable bonds is 7. The van der Waals surface area contributed by atoms with Gasteiger partial charge in [-0.2, -0.15) is 5.10 Å². The van der Waals surface area contributed by atoms with Crippen LogP contribution < -0.4 is 10.1 Å². The number of anilines is 1. The zero-order valence-corrected chi connectivity index (χ0v) is 18.1. The fourth-order valence-electron chi connectivity index (χ4n) is 3.17. The molecule has 0 radical (unpaired) electrons. The molecule has 0 spiro atoms. The Balaban J connectivity index is 1.42. The summed E-state index contributed by atoms with van der Waals surface area (Å²) in [5.74, 6) is 0.870. The molecule has 8 heteroatoms. The normalized spacial score (nSPS) is 10.9. The monoisotopic (exact) mass is 434 g/mol. The lowest BCUT2D eigenvalue weighted by molar-refractivity contribution is 0.101. The maximum Gasteiger partial charge on any atom is 0.279 e. The first-order chi connectivity index (χ1) is 15.4. The molecular formula is C24H23FN4O3. The summed E-state index contributed by atoms with van der Waals surface area (Å²) in [6, 6.07) is 13.7. The molecule has 4 rings (SSSR count). The van der Waals surface area contributed by atoms with Gasteiger partial charge in [0.05, 0.1) is 12.1 Å². The number of amides is 1. The molecule has 4 aromatic rings. The van der Waals surface area contributed by atoms with Crippen LogP contribution in [0.5, 0.6) is 5.75 Å². The second-order valence-electron chi connectivity index (χ2n) is 7.58. The highest BCUT2D eigenvalue weighted by atomic mass is 19.1. The topological polar surface area (TPSA) is 82.2 Å². The van der Waals surface area contributed by atoms with Crippen molar-refractivity contribution in [3.63, 3.8) is 0 Å². The predicted octanol–water partition coefficient (Wildman–Crippen LogP) is 4.82. The van der Waals surface area contributed by atoms with Crippen LogP contribution in [-0.2, 0) is 13.2 Å². The highest BCUT2D eigenvalue weighted by molar-refractivity contribution is 6.03. The lowest BCUT2D eigenvalue weighted by Gasteiger charge is -2.08. The van der Waals surface area contributed by atoms with Crippen molar-refractivity contribution in [3.8, 4) is 5.75 Å². The van der Waals surface area contributed by atoms with Crippen molar-refractivity contribution in [3.05, 3.63) is 94.3 Å². The Morgan fingerprint density at radius 1 is 1.09 bits per heavy atom. The van der Waals surface area contributed by atoms with Gasteiger partial charge in [-0.05, 0) is 61.7 Å². The van der Waals surface area contributed by atoms with E-state index in [4.69, 9.17) is 9.26 Å². The first-order valence-corrected chi connectivity index (χ1v) is 10.1. The number of nitrogens with one attached hydrogen (secondary N) is 1. The number of aryl methyl sites for hydroxylation is 3. The number of aromatic nitrogens is 3. The standard InChI is InChI=1S/C24H23FN4O3/c1-15-4-9-20(12-16(15)2)31-14-21-17(3)32-28-23(21)24(30)26-22-10-11-29(27-22)13-18-5-7-19(25)8-6-18/h4-12H,13-14H2,1-3H3,(H,26,27,30). The quantitative estimate of drug-likeness (QED) is 0.451. The summed E-state index contributed by atoms with van der Waals surface area (Å²) >= 11 is 0. The van der Waals surface area contributed by atoms with E-state index in [1.807, 2.05) is 32.0 Å². The first-order valence-electron chi connectivity index (χ1n) is 10.1. The van der Waals surface area contributed by atoms with E-state index in [1.54, 1.807) is 36.0 Å². The molecule has 7 nitrogen and oxygen atoms in total. The Hall–Kier alpha value is -3.94. The number of nitrogens with zero attached hydrogens (tertiary/aromatic N) is 3. The molecule has 1 N–H and O–H groups in total. The largest absolute Gasteiger partial charge is 0.489 e. The van der Waals surface area contributed by atoms with Gasteiger partial charge in [-0.25, -0.2) is 4.39 Å². The summed E-state index contributed by atoms with van der Waals surface area (Å²) < 4.78 is 25.8. The number of carbonyl (C=O) groups excluding carboxylic acids is 1. The molecule has 32 heavy (non-hydrogen) atoms. The number of hydrogen-bond donors (Lipinski definition) is 1. The van der Waals surface area contributed by atoms with Gasteiger partial charge in [-0.15, -0.1) is 0 Å². The summed E-state index contributed by atoms with van der Waals surface area (Å²) in [5.41, 5.74) is 3.92. The van der Waals surface area contributed by atoms with E-state index in [2.05, 4.69) is 15.6 Å². The smallest absolute Gasteiger partial charge is 0.279 e. The number of carbonyl (C=O) groups is 1. The van der Waals surface area contributed by atoms with Gasteiger partial charge in [0.2, 0.25) is 0 Å². The van der Waals surface area contributed by atoms with Crippen molar-refractivity contribution in [2.75, 3.05) is 5.32 Å². The second-order valence-corrected chi connectivity index (χ2v) is 7.58. The maximum absolute atomic E-state index is 13.1. The summed E-state index contributed by atoms with van der Waals surface area (Å²) in [6.45, 7) is 6.39. The Kier molecular flexibility index (Phi) is 6.02. The third-order valence-corrected chi connectivity index (χ3v) is 5.20. The number of benzene rings is 2. The van der Waals surface area contributed by atoms with Crippen LogP contribution in [0.15, 0.2) is 59.3 Å². The van der Waals surface area contributed by atoms with Gasteiger partial charge in [0, 0.05) is 12.3 Å². The molecule has 0 aliphatic rings. The Bertz CT molecular complexity index is 1240. The van der Waals surface area contributed by atoms with E-state index in [0.29, 0.717) is 29.4 Å². The third-order valence-electron chi connectivity index (χ3n) is 5.20. The fraction of sp³-hybridized carbons (Fsp3) is 0.208. The van der Waals surface area contributed by atoms with E-state index in [9.17, 15) is 9.18 Å². The number of hydrogen-bond acceptors (Lipinski definition) is 5. The summed E-state index contributed by atoms with van der Waals surface area (Å²) in [4.78, 5) is 12.8. The van der Waals surface area contributed by atoms with E-state index in [0.717, 1.165) is 11.1 Å². The Labute approximate surface area is 184 Å². The molecule has 0 bridgehead atoms. The molecule has 0 saturated carbocycles.